The maximum absolute atomic E-state index is 4.62. The summed E-state index contributed by atoms with van der Waals surface area (Å²) in [4.78, 5) is 22.2. The van der Waals surface area contributed by atoms with E-state index in [2.05, 4.69) is 66.6 Å². The van der Waals surface area contributed by atoms with Crippen molar-refractivity contribution < 1.29 is 17.1 Å². The van der Waals surface area contributed by atoms with Crippen LogP contribution in [0.4, 0.5) is 0 Å². The minimum atomic E-state index is 0. The van der Waals surface area contributed by atoms with Gasteiger partial charge >= 0.3 is 0 Å². The van der Waals surface area contributed by atoms with Crippen LogP contribution < -0.4 is 0 Å². The molecule has 0 fully saturated rings. The second-order valence-corrected chi connectivity index (χ2v) is 6.61. The van der Waals surface area contributed by atoms with Crippen molar-refractivity contribution in [1.82, 2.24) is 29.9 Å². The summed E-state index contributed by atoms with van der Waals surface area (Å²) in [5, 5.41) is 0. The van der Waals surface area contributed by atoms with E-state index in [1.807, 2.05) is 42.5 Å². The predicted molar refractivity (Wildman–Crippen MR) is 116 cm³/mol. The molecule has 0 saturated carbocycles. The average molecular weight is 432 g/mol. The number of aromatic nitrogens is 6. The molecule has 0 spiro atoms. The molecular formula is C23H17MnN6-. The monoisotopic (exact) mass is 432 g/mol. The third-order valence-electron chi connectivity index (χ3n) is 4.40. The maximum Gasteiger partial charge on any atom is 0.0659 e. The summed E-state index contributed by atoms with van der Waals surface area (Å²) < 4.78 is 0. The Balaban J connectivity index is 0.000000321. The first-order valence-electron chi connectivity index (χ1n) is 9.20. The van der Waals surface area contributed by atoms with Gasteiger partial charge < -0.3 is 19.9 Å². The van der Waals surface area contributed by atoms with Crippen molar-refractivity contribution in [1.29, 1.82) is 0 Å². The van der Waals surface area contributed by atoms with Gasteiger partial charge in [0.25, 0.3) is 0 Å². The fourth-order valence-electron chi connectivity index (χ4n) is 3.13. The third kappa shape index (κ3) is 4.66. The van der Waals surface area contributed by atoms with Gasteiger partial charge in [0.05, 0.1) is 22.8 Å². The van der Waals surface area contributed by atoms with Crippen molar-refractivity contribution in [2.75, 3.05) is 0 Å². The molecule has 3 N–H and O–H groups in total. The van der Waals surface area contributed by atoms with Gasteiger partial charge in [0.15, 0.2) is 0 Å². The molecule has 0 aliphatic carbocycles. The smallest absolute Gasteiger partial charge is 0.0659 e. The van der Waals surface area contributed by atoms with E-state index in [0.29, 0.717) is 0 Å². The first-order chi connectivity index (χ1) is 14.3. The van der Waals surface area contributed by atoms with Gasteiger partial charge in [-0.05, 0) is 79.2 Å². The summed E-state index contributed by atoms with van der Waals surface area (Å²) in [6.45, 7) is 0. The van der Waals surface area contributed by atoms with Crippen LogP contribution in [0.3, 0.4) is 0 Å². The Kier molecular flexibility index (Phi) is 5.75. The van der Waals surface area contributed by atoms with Gasteiger partial charge in [0.2, 0.25) is 0 Å². The Morgan fingerprint density at radius 3 is 1.47 bits per heavy atom. The van der Waals surface area contributed by atoms with Gasteiger partial charge in [-0.15, -0.1) is 12.4 Å². The number of imidazole rings is 1. The van der Waals surface area contributed by atoms with Crippen molar-refractivity contribution in [3.05, 3.63) is 90.0 Å². The van der Waals surface area contributed by atoms with Crippen molar-refractivity contribution in [3.8, 4) is 0 Å². The number of fused-ring (bicyclic) bond motifs is 8. The van der Waals surface area contributed by atoms with Crippen molar-refractivity contribution in [2.24, 2.45) is 0 Å². The van der Waals surface area contributed by atoms with Gasteiger partial charge in [-0.25, -0.2) is 9.97 Å². The third-order valence-corrected chi connectivity index (χ3v) is 4.40. The molecule has 6 heterocycles. The van der Waals surface area contributed by atoms with Crippen LogP contribution in [-0.2, 0) is 17.1 Å². The van der Waals surface area contributed by atoms with Crippen molar-refractivity contribution in [3.63, 3.8) is 0 Å². The standard InChI is InChI=1S/C20H14N4.C3H3N2.Mn/c1-2-14-10-16-5-6-18(23-16)12-20-8-7-19(24-20)11-17-4-3-15(22-17)9-13(1)21-14;1-2-5-3-4-1;/h1-12,21-22H;1-2H,(H,4,5);/q;-1;. The van der Waals surface area contributed by atoms with Gasteiger partial charge in [-0.1, -0.05) is 0 Å². The van der Waals surface area contributed by atoms with Gasteiger partial charge in [-0.2, -0.15) is 0 Å². The topological polar surface area (TPSA) is 86.0 Å². The molecule has 0 unspecified atom stereocenters. The van der Waals surface area contributed by atoms with Crippen LogP contribution in [0.5, 0.6) is 0 Å². The van der Waals surface area contributed by atoms with Crippen molar-refractivity contribution >= 4 is 46.4 Å². The molecule has 0 saturated heterocycles. The van der Waals surface area contributed by atoms with E-state index >= 15 is 0 Å². The van der Waals surface area contributed by atoms with E-state index in [0.717, 1.165) is 44.8 Å². The zero-order valence-electron chi connectivity index (χ0n) is 15.8. The molecular weight excluding hydrogens is 415 g/mol. The summed E-state index contributed by atoms with van der Waals surface area (Å²) in [5.41, 5.74) is 7.86. The Morgan fingerprint density at radius 2 is 1.07 bits per heavy atom. The largest absolute Gasteiger partial charge is 0.467 e. The molecule has 0 atom stereocenters. The number of rotatable bonds is 0. The van der Waals surface area contributed by atoms with Crippen LogP contribution in [0.2, 0.25) is 0 Å². The Hall–Kier alpha value is -3.67. The van der Waals surface area contributed by atoms with Gasteiger partial charge in [0.1, 0.15) is 0 Å². The number of H-pyrrole nitrogens is 3. The number of hydrogen-bond acceptors (Lipinski definition) is 3. The number of hydrogen-bond donors (Lipinski definition) is 3. The molecule has 8 bridgehead atoms. The number of aromatic amines is 3. The van der Waals surface area contributed by atoms with Crippen LogP contribution in [0.1, 0.15) is 22.8 Å². The SMILES string of the molecule is C1=Cc2cc3ccc(cc4ccc(cc5nc(cc1n2)C=C5)[nH]4)[nH]3.[Mn].[c-]1ncc[nH]1. The average Bonchev–Trinajstić information content (AvgIpc) is 3.50. The fourth-order valence-corrected chi connectivity index (χ4v) is 3.13. The predicted octanol–water partition coefficient (Wildman–Crippen LogP) is 4.86. The molecule has 7 heteroatoms. The maximum atomic E-state index is 4.62. The summed E-state index contributed by atoms with van der Waals surface area (Å²) >= 11 is 0. The molecule has 0 aromatic carbocycles. The van der Waals surface area contributed by atoms with Crippen LogP contribution in [0.25, 0.3) is 46.4 Å². The summed E-state index contributed by atoms with van der Waals surface area (Å²) in [5.74, 6) is 0. The Morgan fingerprint density at radius 1 is 0.600 bits per heavy atom. The first-order valence-corrected chi connectivity index (χ1v) is 9.20. The molecule has 6 rings (SSSR count). The molecule has 4 aromatic rings. The fraction of sp³-hybridized carbons (Fsp3) is 0. The number of nitrogens with one attached hydrogen (secondary N) is 3. The summed E-state index contributed by atoms with van der Waals surface area (Å²) in [7, 11) is 0. The minimum absolute atomic E-state index is 0. The van der Waals surface area contributed by atoms with E-state index in [-0.39, 0.29) is 17.1 Å². The molecule has 147 valence electrons. The van der Waals surface area contributed by atoms with E-state index in [4.69, 9.17) is 0 Å². The zero-order valence-corrected chi connectivity index (χ0v) is 17.0. The van der Waals surface area contributed by atoms with Gasteiger partial charge in [0, 0.05) is 39.1 Å². The zero-order chi connectivity index (χ0) is 19.5. The van der Waals surface area contributed by atoms with Crippen LogP contribution >= 0.6 is 0 Å². The normalized spacial score (nSPS) is 11.5. The summed E-state index contributed by atoms with van der Waals surface area (Å²) in [6.07, 6.45) is 13.9. The van der Waals surface area contributed by atoms with Crippen molar-refractivity contribution in [2.45, 2.75) is 0 Å². The van der Waals surface area contributed by atoms with Crippen LogP contribution in [0, 0.1) is 6.33 Å². The van der Waals surface area contributed by atoms with Crippen LogP contribution in [-0.4, -0.2) is 29.9 Å². The van der Waals surface area contributed by atoms with E-state index < -0.39 is 0 Å². The second-order valence-electron chi connectivity index (χ2n) is 6.61. The minimum Gasteiger partial charge on any atom is -0.467 e. The van der Waals surface area contributed by atoms with Crippen LogP contribution in [0.15, 0.2) is 60.9 Å². The van der Waals surface area contributed by atoms with E-state index in [1.54, 1.807) is 12.4 Å². The molecule has 6 nitrogen and oxygen atoms in total. The van der Waals surface area contributed by atoms with E-state index in [9.17, 15) is 0 Å². The second kappa shape index (κ2) is 8.78. The Labute approximate surface area is 183 Å². The molecule has 0 amide bonds. The molecule has 30 heavy (non-hydrogen) atoms. The van der Waals surface area contributed by atoms with E-state index in [1.165, 1.54) is 0 Å². The first kappa shape index (κ1) is 19.6. The molecule has 1 radical (unpaired) electrons. The molecule has 2 aliphatic heterocycles. The summed E-state index contributed by atoms with van der Waals surface area (Å²) in [6, 6.07) is 16.4. The molecule has 4 aromatic heterocycles. The quantitative estimate of drug-likeness (QED) is 0.237. The molecule has 2 aliphatic rings. The van der Waals surface area contributed by atoms with Gasteiger partial charge in [-0.3, -0.25) is 0 Å². The number of nitrogens with zero attached hydrogens (tertiary/aromatic N) is 3. The Bertz CT molecular complexity index is 1250.